The van der Waals surface area contributed by atoms with Gasteiger partial charge in [0.25, 0.3) is 0 Å². The number of benzene rings is 2. The molecule has 0 atom stereocenters. The van der Waals surface area contributed by atoms with Crippen LogP contribution in [0.3, 0.4) is 0 Å². The van der Waals surface area contributed by atoms with Gasteiger partial charge < -0.3 is 24.4 Å². The Morgan fingerprint density at radius 2 is 1.86 bits per heavy atom. The number of hydrogen-bond donors (Lipinski definition) is 1. The smallest absolute Gasteiger partial charge is 0.248 e. The fraction of sp³-hybridized carbons (Fsp3) is 0.286. The first-order chi connectivity index (χ1) is 13.6. The summed E-state index contributed by atoms with van der Waals surface area (Å²) in [5, 5.41) is 2.87. The Hall–Kier alpha value is -2.51. The van der Waals surface area contributed by atoms with Gasteiger partial charge in [0.15, 0.2) is 11.5 Å². The van der Waals surface area contributed by atoms with Crippen LogP contribution in [0, 0.1) is 0 Å². The average molecular weight is 447 g/mol. The maximum Gasteiger partial charge on any atom is 0.248 e. The Morgan fingerprint density at radius 3 is 2.50 bits per heavy atom. The molecule has 0 spiro atoms. The van der Waals surface area contributed by atoms with Crippen molar-refractivity contribution in [1.82, 2.24) is 0 Å². The summed E-state index contributed by atoms with van der Waals surface area (Å²) in [5.74, 6) is 1.00. The minimum Gasteiger partial charge on any atom is -0.493 e. The van der Waals surface area contributed by atoms with Gasteiger partial charge in [-0.25, -0.2) is 0 Å². The topological polar surface area (TPSA) is 60.0 Å². The number of amides is 1. The zero-order valence-corrected chi connectivity index (χ0v) is 17.5. The molecule has 1 aliphatic heterocycles. The molecule has 3 rings (SSSR count). The zero-order valence-electron chi connectivity index (χ0n) is 15.9. The van der Waals surface area contributed by atoms with Crippen molar-refractivity contribution in [3.8, 4) is 11.5 Å². The van der Waals surface area contributed by atoms with Crippen LogP contribution in [0.1, 0.15) is 5.56 Å². The minimum absolute atomic E-state index is 0.204. The molecule has 28 heavy (non-hydrogen) atoms. The molecular weight excluding hydrogens is 424 g/mol. The third kappa shape index (κ3) is 5.05. The SMILES string of the molecule is COc1cc(/C=C/C(=O)Nc2ccc(N3CCOCC3)cc2)cc(Br)c1OC. The predicted molar refractivity (Wildman–Crippen MR) is 114 cm³/mol. The van der Waals surface area contributed by atoms with Crippen LogP contribution in [-0.4, -0.2) is 46.4 Å². The normalized spacial score (nSPS) is 14.2. The summed E-state index contributed by atoms with van der Waals surface area (Å²) in [6.07, 6.45) is 3.22. The number of nitrogens with zero attached hydrogens (tertiary/aromatic N) is 1. The standard InChI is InChI=1S/C21H23BrN2O4/c1-26-19-14-15(13-18(22)21(19)27-2)3-8-20(25)23-16-4-6-17(7-5-16)24-9-11-28-12-10-24/h3-8,13-14H,9-12H2,1-2H3,(H,23,25)/b8-3+. The van der Waals surface area contributed by atoms with Gasteiger partial charge in [0.05, 0.1) is 31.9 Å². The highest BCUT2D eigenvalue weighted by atomic mass is 79.9. The number of carbonyl (C=O) groups excluding carboxylic acids is 1. The number of anilines is 2. The number of nitrogens with one attached hydrogen (secondary N) is 1. The maximum atomic E-state index is 12.2. The summed E-state index contributed by atoms with van der Waals surface area (Å²) in [6.45, 7) is 3.26. The van der Waals surface area contributed by atoms with E-state index < -0.39 is 0 Å². The molecule has 1 aliphatic rings. The van der Waals surface area contributed by atoms with Gasteiger partial charge in [-0.2, -0.15) is 0 Å². The van der Waals surface area contributed by atoms with Gasteiger partial charge in [-0.05, 0) is 64.0 Å². The highest BCUT2D eigenvalue weighted by Crippen LogP contribution is 2.36. The summed E-state index contributed by atoms with van der Waals surface area (Å²) < 4.78 is 16.7. The second-order valence-electron chi connectivity index (χ2n) is 6.21. The van der Waals surface area contributed by atoms with E-state index >= 15 is 0 Å². The number of carbonyl (C=O) groups is 1. The van der Waals surface area contributed by atoms with Crippen molar-refractivity contribution >= 4 is 39.3 Å². The van der Waals surface area contributed by atoms with E-state index in [0.29, 0.717) is 11.5 Å². The van der Waals surface area contributed by atoms with Crippen LogP contribution >= 0.6 is 15.9 Å². The molecule has 1 saturated heterocycles. The van der Waals surface area contributed by atoms with E-state index in [1.807, 2.05) is 36.4 Å². The summed E-state index contributed by atoms with van der Waals surface area (Å²) in [5.41, 5.74) is 2.70. The van der Waals surface area contributed by atoms with Crippen molar-refractivity contribution in [3.63, 3.8) is 0 Å². The van der Waals surface area contributed by atoms with Crippen molar-refractivity contribution in [2.45, 2.75) is 0 Å². The quantitative estimate of drug-likeness (QED) is 0.680. The minimum atomic E-state index is -0.204. The Morgan fingerprint density at radius 1 is 1.14 bits per heavy atom. The van der Waals surface area contributed by atoms with E-state index in [-0.39, 0.29) is 5.91 Å². The molecule has 2 aromatic carbocycles. The number of hydrogen-bond acceptors (Lipinski definition) is 5. The van der Waals surface area contributed by atoms with E-state index in [4.69, 9.17) is 14.2 Å². The molecule has 6 nitrogen and oxygen atoms in total. The highest BCUT2D eigenvalue weighted by molar-refractivity contribution is 9.10. The molecule has 0 unspecified atom stereocenters. The third-order valence-corrected chi connectivity index (χ3v) is 4.98. The van der Waals surface area contributed by atoms with Crippen LogP contribution in [-0.2, 0) is 9.53 Å². The molecule has 0 aromatic heterocycles. The highest BCUT2D eigenvalue weighted by Gasteiger charge is 2.11. The monoisotopic (exact) mass is 446 g/mol. The van der Waals surface area contributed by atoms with E-state index in [1.54, 1.807) is 20.3 Å². The van der Waals surface area contributed by atoms with Gasteiger partial charge in [-0.3, -0.25) is 4.79 Å². The zero-order chi connectivity index (χ0) is 19.9. The lowest BCUT2D eigenvalue weighted by Crippen LogP contribution is -2.36. The average Bonchev–Trinajstić information content (AvgIpc) is 2.73. The fourth-order valence-corrected chi connectivity index (χ4v) is 3.59. The number of methoxy groups -OCH3 is 2. The summed E-state index contributed by atoms with van der Waals surface area (Å²) in [6, 6.07) is 11.5. The first-order valence-electron chi connectivity index (χ1n) is 8.94. The number of rotatable bonds is 6. The van der Waals surface area contributed by atoms with Gasteiger partial charge in [0.1, 0.15) is 0 Å². The first-order valence-corrected chi connectivity index (χ1v) is 9.73. The van der Waals surface area contributed by atoms with Crippen molar-refractivity contribution in [3.05, 3.63) is 52.5 Å². The molecule has 7 heteroatoms. The van der Waals surface area contributed by atoms with Crippen molar-refractivity contribution in [1.29, 1.82) is 0 Å². The van der Waals surface area contributed by atoms with Gasteiger partial charge in [-0.1, -0.05) is 0 Å². The molecule has 0 bridgehead atoms. The summed E-state index contributed by atoms with van der Waals surface area (Å²) in [4.78, 5) is 14.5. The van der Waals surface area contributed by atoms with Crippen LogP contribution in [0.4, 0.5) is 11.4 Å². The van der Waals surface area contributed by atoms with Crippen LogP contribution < -0.4 is 19.7 Å². The van der Waals surface area contributed by atoms with Gasteiger partial charge in [-0.15, -0.1) is 0 Å². The molecule has 2 aromatic rings. The predicted octanol–water partition coefficient (Wildman–Crippen LogP) is 3.95. The van der Waals surface area contributed by atoms with E-state index in [0.717, 1.165) is 47.7 Å². The number of halogens is 1. The Balaban J connectivity index is 1.63. The molecular formula is C21H23BrN2O4. The van der Waals surface area contributed by atoms with E-state index in [1.165, 1.54) is 6.08 Å². The lowest BCUT2D eigenvalue weighted by atomic mass is 10.2. The van der Waals surface area contributed by atoms with Crippen molar-refractivity contribution in [2.75, 3.05) is 50.7 Å². The van der Waals surface area contributed by atoms with Gasteiger partial charge in [0.2, 0.25) is 5.91 Å². The second kappa shape index (κ2) is 9.61. The van der Waals surface area contributed by atoms with Crippen LogP contribution in [0.25, 0.3) is 6.08 Å². The Labute approximate surface area is 173 Å². The molecule has 0 aliphatic carbocycles. The largest absolute Gasteiger partial charge is 0.493 e. The molecule has 1 amide bonds. The summed E-state index contributed by atoms with van der Waals surface area (Å²) in [7, 11) is 3.15. The van der Waals surface area contributed by atoms with E-state index in [9.17, 15) is 4.79 Å². The van der Waals surface area contributed by atoms with Gasteiger partial charge >= 0.3 is 0 Å². The lowest BCUT2D eigenvalue weighted by molar-refractivity contribution is -0.111. The third-order valence-electron chi connectivity index (χ3n) is 4.39. The van der Waals surface area contributed by atoms with Gasteiger partial charge in [0, 0.05) is 30.5 Å². The van der Waals surface area contributed by atoms with Crippen LogP contribution in [0.15, 0.2) is 46.9 Å². The Bertz CT molecular complexity index is 846. The summed E-state index contributed by atoms with van der Waals surface area (Å²) >= 11 is 3.45. The maximum absolute atomic E-state index is 12.2. The van der Waals surface area contributed by atoms with Crippen LogP contribution in [0.5, 0.6) is 11.5 Å². The number of morpholine rings is 1. The Kier molecular flexibility index (Phi) is 6.95. The first kappa shape index (κ1) is 20.2. The molecule has 1 fully saturated rings. The number of ether oxygens (including phenoxy) is 3. The molecule has 0 radical (unpaired) electrons. The van der Waals surface area contributed by atoms with Crippen molar-refractivity contribution < 1.29 is 19.0 Å². The second-order valence-corrected chi connectivity index (χ2v) is 7.06. The van der Waals surface area contributed by atoms with Crippen LogP contribution in [0.2, 0.25) is 0 Å². The molecule has 148 valence electrons. The fourth-order valence-electron chi connectivity index (χ4n) is 2.97. The molecule has 1 N–H and O–H groups in total. The molecule has 0 saturated carbocycles. The van der Waals surface area contributed by atoms with E-state index in [2.05, 4.69) is 26.1 Å². The van der Waals surface area contributed by atoms with Crippen molar-refractivity contribution in [2.24, 2.45) is 0 Å². The molecule has 1 heterocycles. The lowest BCUT2D eigenvalue weighted by Gasteiger charge is -2.28.